The van der Waals surface area contributed by atoms with Gasteiger partial charge in [-0.2, -0.15) is 0 Å². The summed E-state index contributed by atoms with van der Waals surface area (Å²) in [6.07, 6.45) is 0. The first-order chi connectivity index (χ1) is 17.0. The second kappa shape index (κ2) is 9.27. The Kier molecular flexibility index (Phi) is 6.00. The van der Waals surface area contributed by atoms with Crippen molar-refractivity contribution in [1.29, 1.82) is 0 Å². The number of benzene rings is 3. The van der Waals surface area contributed by atoms with Crippen molar-refractivity contribution < 1.29 is 9.53 Å². The third kappa shape index (κ3) is 4.26. The van der Waals surface area contributed by atoms with Crippen molar-refractivity contribution in [2.45, 2.75) is 19.0 Å². The second-order valence-electron chi connectivity index (χ2n) is 8.15. The number of methoxy groups -OCH3 is 1. The van der Waals surface area contributed by atoms with Gasteiger partial charge in [-0.3, -0.25) is 14.0 Å². The summed E-state index contributed by atoms with van der Waals surface area (Å²) < 4.78 is 8.86. The maximum absolute atomic E-state index is 13.6. The number of carbonyl (C=O) groups excluding carboxylic acids is 1. The van der Waals surface area contributed by atoms with E-state index in [0.29, 0.717) is 33.3 Å². The Morgan fingerprint density at radius 3 is 2.51 bits per heavy atom. The molecule has 0 spiro atoms. The van der Waals surface area contributed by atoms with Gasteiger partial charge in [0.15, 0.2) is 5.16 Å². The SMILES string of the molecule is COc1ccc(C)cc1-n1c(=O)c2ccccc2n2c(SCC(=O)Nc3ccc(C)cc3)nnc12. The van der Waals surface area contributed by atoms with Crippen LogP contribution >= 0.6 is 11.8 Å². The number of para-hydroxylation sites is 1. The number of ether oxygens (including phenoxy) is 1. The fourth-order valence-corrected chi connectivity index (χ4v) is 4.67. The van der Waals surface area contributed by atoms with Gasteiger partial charge in [0, 0.05) is 5.69 Å². The van der Waals surface area contributed by atoms with E-state index in [0.717, 1.165) is 16.8 Å². The smallest absolute Gasteiger partial charge is 0.267 e. The number of rotatable bonds is 6. The fraction of sp³-hybridized carbons (Fsp3) is 0.154. The molecule has 0 aliphatic heterocycles. The first-order valence-corrected chi connectivity index (χ1v) is 12.0. The Bertz CT molecular complexity index is 1620. The summed E-state index contributed by atoms with van der Waals surface area (Å²) in [5.41, 5.74) is 3.85. The zero-order valence-electron chi connectivity index (χ0n) is 19.5. The molecule has 176 valence electrons. The van der Waals surface area contributed by atoms with Crippen LogP contribution in [0, 0.1) is 13.8 Å². The van der Waals surface area contributed by atoms with Crippen LogP contribution in [-0.2, 0) is 4.79 Å². The second-order valence-corrected chi connectivity index (χ2v) is 9.10. The molecule has 0 saturated carbocycles. The number of thioether (sulfide) groups is 1. The van der Waals surface area contributed by atoms with Crippen molar-refractivity contribution >= 4 is 40.0 Å². The third-order valence-electron chi connectivity index (χ3n) is 5.64. The summed E-state index contributed by atoms with van der Waals surface area (Å²) in [7, 11) is 1.56. The van der Waals surface area contributed by atoms with Crippen LogP contribution in [0.5, 0.6) is 5.75 Å². The highest BCUT2D eigenvalue weighted by Gasteiger charge is 2.20. The molecule has 1 amide bonds. The van der Waals surface area contributed by atoms with E-state index in [-0.39, 0.29) is 17.2 Å². The van der Waals surface area contributed by atoms with Crippen molar-refractivity contribution in [3.8, 4) is 11.4 Å². The molecule has 35 heavy (non-hydrogen) atoms. The molecule has 5 aromatic rings. The lowest BCUT2D eigenvalue weighted by Gasteiger charge is -2.14. The van der Waals surface area contributed by atoms with Crippen molar-refractivity contribution in [3.05, 3.63) is 88.2 Å². The Labute approximate surface area is 205 Å². The molecule has 0 atom stereocenters. The summed E-state index contributed by atoms with van der Waals surface area (Å²) in [6, 6.07) is 20.5. The first-order valence-electron chi connectivity index (χ1n) is 11.0. The molecule has 0 saturated heterocycles. The van der Waals surface area contributed by atoms with E-state index in [1.54, 1.807) is 13.2 Å². The van der Waals surface area contributed by atoms with E-state index >= 15 is 0 Å². The maximum atomic E-state index is 13.6. The summed E-state index contributed by atoms with van der Waals surface area (Å²) in [4.78, 5) is 26.2. The van der Waals surface area contributed by atoms with Crippen LogP contribution in [0.4, 0.5) is 5.69 Å². The van der Waals surface area contributed by atoms with Crippen LogP contribution in [0.1, 0.15) is 11.1 Å². The van der Waals surface area contributed by atoms with E-state index in [1.165, 1.54) is 16.3 Å². The quantitative estimate of drug-likeness (QED) is 0.359. The molecule has 2 heterocycles. The molecule has 5 rings (SSSR count). The van der Waals surface area contributed by atoms with Gasteiger partial charge in [0.05, 0.1) is 29.5 Å². The number of nitrogens with zero attached hydrogens (tertiary/aromatic N) is 4. The van der Waals surface area contributed by atoms with Gasteiger partial charge in [0.2, 0.25) is 11.7 Å². The average molecular weight is 486 g/mol. The topological polar surface area (TPSA) is 90.5 Å². The third-order valence-corrected chi connectivity index (χ3v) is 6.57. The minimum Gasteiger partial charge on any atom is -0.495 e. The Morgan fingerprint density at radius 2 is 1.74 bits per heavy atom. The summed E-state index contributed by atoms with van der Waals surface area (Å²) in [5.74, 6) is 0.868. The molecule has 8 nitrogen and oxygen atoms in total. The molecule has 0 fully saturated rings. The standard InChI is InChI=1S/C26H23N5O3S/c1-16-8-11-18(12-9-16)27-23(32)15-35-26-29-28-25-30(21-14-17(2)10-13-22(21)34-3)24(33)19-6-4-5-7-20(19)31(25)26/h4-14H,15H2,1-3H3,(H,27,32). The van der Waals surface area contributed by atoms with Gasteiger partial charge in [-0.25, -0.2) is 4.57 Å². The van der Waals surface area contributed by atoms with Crippen molar-refractivity contribution in [3.63, 3.8) is 0 Å². The molecule has 0 aliphatic rings. The zero-order valence-corrected chi connectivity index (χ0v) is 20.3. The molecule has 0 radical (unpaired) electrons. The Morgan fingerprint density at radius 1 is 1.00 bits per heavy atom. The van der Waals surface area contributed by atoms with Crippen LogP contribution in [0.25, 0.3) is 22.4 Å². The van der Waals surface area contributed by atoms with E-state index in [2.05, 4.69) is 15.5 Å². The number of aryl methyl sites for hydroxylation is 2. The molecule has 1 N–H and O–H groups in total. The van der Waals surface area contributed by atoms with Crippen LogP contribution in [0.3, 0.4) is 0 Å². The number of hydrogen-bond donors (Lipinski definition) is 1. The van der Waals surface area contributed by atoms with Gasteiger partial charge >= 0.3 is 0 Å². The summed E-state index contributed by atoms with van der Waals surface area (Å²) in [6.45, 7) is 3.94. The molecule has 9 heteroatoms. The molecule has 3 aromatic carbocycles. The number of fused-ring (bicyclic) bond motifs is 3. The van der Waals surface area contributed by atoms with Gasteiger partial charge in [-0.1, -0.05) is 47.7 Å². The molecule has 0 unspecified atom stereocenters. The minimum atomic E-state index is -0.224. The zero-order chi connectivity index (χ0) is 24.5. The van der Waals surface area contributed by atoms with Gasteiger partial charge in [-0.15, -0.1) is 10.2 Å². The molecular formula is C26H23N5O3S. The lowest BCUT2D eigenvalue weighted by Crippen LogP contribution is -2.22. The maximum Gasteiger partial charge on any atom is 0.267 e. The molecule has 0 bridgehead atoms. The van der Waals surface area contributed by atoms with Crippen molar-refractivity contribution in [2.24, 2.45) is 0 Å². The van der Waals surface area contributed by atoms with E-state index < -0.39 is 0 Å². The summed E-state index contributed by atoms with van der Waals surface area (Å²) in [5, 5.41) is 12.6. The monoisotopic (exact) mass is 485 g/mol. The fourth-order valence-electron chi connectivity index (χ4n) is 3.93. The van der Waals surface area contributed by atoms with Gasteiger partial charge in [-0.05, 0) is 55.8 Å². The largest absolute Gasteiger partial charge is 0.495 e. The average Bonchev–Trinajstić information content (AvgIpc) is 3.28. The van der Waals surface area contributed by atoms with Crippen LogP contribution < -0.4 is 15.6 Å². The Hall–Kier alpha value is -4.11. The minimum absolute atomic E-state index is 0.135. The summed E-state index contributed by atoms with van der Waals surface area (Å²) >= 11 is 1.26. The van der Waals surface area contributed by atoms with Crippen LogP contribution in [0.2, 0.25) is 0 Å². The number of carbonyl (C=O) groups is 1. The van der Waals surface area contributed by atoms with Gasteiger partial charge in [0.1, 0.15) is 5.75 Å². The predicted molar refractivity (Wildman–Crippen MR) is 138 cm³/mol. The number of amides is 1. The lowest BCUT2D eigenvalue weighted by atomic mass is 10.2. The van der Waals surface area contributed by atoms with Crippen LogP contribution in [-0.4, -0.2) is 37.9 Å². The van der Waals surface area contributed by atoms with Gasteiger partial charge in [0.25, 0.3) is 5.56 Å². The molecular weight excluding hydrogens is 462 g/mol. The number of nitrogens with one attached hydrogen (secondary N) is 1. The lowest BCUT2D eigenvalue weighted by molar-refractivity contribution is -0.113. The van der Waals surface area contributed by atoms with Gasteiger partial charge < -0.3 is 10.1 Å². The number of aromatic nitrogens is 4. The van der Waals surface area contributed by atoms with Crippen LogP contribution in [0.15, 0.2) is 76.7 Å². The normalized spacial score (nSPS) is 11.2. The highest BCUT2D eigenvalue weighted by molar-refractivity contribution is 7.99. The molecule has 0 aliphatic carbocycles. The van der Waals surface area contributed by atoms with Crippen molar-refractivity contribution in [2.75, 3.05) is 18.2 Å². The van der Waals surface area contributed by atoms with E-state index in [4.69, 9.17) is 4.74 Å². The number of anilines is 1. The predicted octanol–water partition coefficient (Wildman–Crippen LogP) is 4.39. The highest BCUT2D eigenvalue weighted by atomic mass is 32.2. The number of hydrogen-bond acceptors (Lipinski definition) is 6. The van der Waals surface area contributed by atoms with E-state index in [9.17, 15) is 9.59 Å². The van der Waals surface area contributed by atoms with E-state index in [1.807, 2.05) is 78.9 Å². The highest BCUT2D eigenvalue weighted by Crippen LogP contribution is 2.28. The first kappa shape index (κ1) is 22.7. The van der Waals surface area contributed by atoms with Crippen molar-refractivity contribution in [1.82, 2.24) is 19.2 Å². The molecule has 2 aromatic heterocycles. The Balaban J connectivity index is 1.59.